The van der Waals surface area contributed by atoms with Gasteiger partial charge in [-0.2, -0.15) is 0 Å². The van der Waals surface area contributed by atoms with Crippen LogP contribution >= 0.6 is 0 Å². The van der Waals surface area contributed by atoms with Crippen LogP contribution < -0.4 is 0 Å². The van der Waals surface area contributed by atoms with E-state index in [-0.39, 0.29) is 0 Å². The molecule has 0 nitrogen and oxygen atoms in total. The van der Waals surface area contributed by atoms with E-state index in [0.717, 1.165) is 0 Å². The van der Waals surface area contributed by atoms with Crippen molar-refractivity contribution >= 4 is 0 Å². The fraction of sp³-hybridized carbons (Fsp3) is 1.00. The molecule has 9 heavy (non-hydrogen) atoms. The van der Waals surface area contributed by atoms with E-state index in [9.17, 15) is 0 Å². The summed E-state index contributed by atoms with van der Waals surface area (Å²) < 4.78 is 0. The molecule has 3 fully saturated rings. The van der Waals surface area contributed by atoms with Crippen molar-refractivity contribution in [3.63, 3.8) is 0 Å². The lowest BCUT2D eigenvalue weighted by Gasteiger charge is -2.57. The third-order valence-corrected chi connectivity index (χ3v) is 4.11. The molecule has 50 valence electrons. The summed E-state index contributed by atoms with van der Waals surface area (Å²) in [5, 5.41) is 0. The molecule has 0 saturated heterocycles. The Morgan fingerprint density at radius 1 is 0.556 bits per heavy atom. The van der Waals surface area contributed by atoms with Gasteiger partial charge in [-0.05, 0) is 49.4 Å². The quantitative estimate of drug-likeness (QED) is 0.463. The Morgan fingerprint density at radius 2 is 1.00 bits per heavy atom. The average molecular weight is 122 g/mol. The monoisotopic (exact) mass is 122 g/mol. The van der Waals surface area contributed by atoms with Crippen molar-refractivity contribution in [2.24, 2.45) is 23.7 Å². The summed E-state index contributed by atoms with van der Waals surface area (Å²) in [6.07, 6.45) is 7.91. The van der Waals surface area contributed by atoms with E-state index in [1.165, 1.54) is 23.7 Å². The minimum atomic E-state index is 1.23. The molecule has 0 aliphatic heterocycles. The van der Waals surface area contributed by atoms with Crippen LogP contribution in [0.5, 0.6) is 0 Å². The lowest BCUT2D eigenvalue weighted by atomic mass is 9.48. The van der Waals surface area contributed by atoms with Gasteiger partial charge in [0, 0.05) is 0 Å². The molecule has 0 bridgehead atoms. The highest BCUT2D eigenvalue weighted by atomic mass is 14.6. The zero-order valence-electron chi connectivity index (χ0n) is 5.84. The molecular weight excluding hydrogens is 108 g/mol. The molecule has 3 saturated carbocycles. The fourth-order valence-electron chi connectivity index (χ4n) is 3.55. The van der Waals surface area contributed by atoms with Crippen LogP contribution in [0.15, 0.2) is 0 Å². The van der Waals surface area contributed by atoms with E-state index in [1.54, 1.807) is 32.1 Å². The van der Waals surface area contributed by atoms with Gasteiger partial charge in [-0.25, -0.2) is 0 Å². The highest BCUT2D eigenvalue weighted by molar-refractivity contribution is 5.05. The molecular formula is C9H14. The summed E-state index contributed by atoms with van der Waals surface area (Å²) in [7, 11) is 0. The summed E-state index contributed by atoms with van der Waals surface area (Å²) in [4.78, 5) is 0. The number of hydrogen-bond acceptors (Lipinski definition) is 0. The highest BCUT2D eigenvalue weighted by Gasteiger charge is 2.56. The largest absolute Gasteiger partial charge is 0.0527 e. The van der Waals surface area contributed by atoms with Crippen molar-refractivity contribution in [2.75, 3.05) is 0 Å². The molecule has 0 radical (unpaired) electrons. The second kappa shape index (κ2) is 1.36. The van der Waals surface area contributed by atoms with Crippen LogP contribution in [0.1, 0.15) is 32.1 Å². The van der Waals surface area contributed by atoms with Gasteiger partial charge < -0.3 is 0 Å². The minimum Gasteiger partial charge on any atom is -0.0527 e. The van der Waals surface area contributed by atoms with Gasteiger partial charge in [0.2, 0.25) is 0 Å². The van der Waals surface area contributed by atoms with Gasteiger partial charge in [-0.1, -0.05) is 6.42 Å². The summed E-state index contributed by atoms with van der Waals surface area (Å²) in [6.45, 7) is 0. The summed E-state index contributed by atoms with van der Waals surface area (Å²) in [5.74, 6) is 4.92. The zero-order chi connectivity index (χ0) is 5.84. The Hall–Kier alpha value is 0. The van der Waals surface area contributed by atoms with Crippen LogP contribution in [0.4, 0.5) is 0 Å². The molecule has 0 heteroatoms. The van der Waals surface area contributed by atoms with Gasteiger partial charge in [-0.3, -0.25) is 0 Å². The van der Waals surface area contributed by atoms with Crippen molar-refractivity contribution in [2.45, 2.75) is 32.1 Å². The molecule has 3 unspecified atom stereocenters. The lowest BCUT2D eigenvalue weighted by molar-refractivity contribution is -0.0815. The molecule has 4 atom stereocenters. The molecule has 0 aromatic rings. The Balaban J connectivity index is 1.85. The molecule has 0 aromatic heterocycles. The first-order chi connectivity index (χ1) is 4.47. The first-order valence-electron chi connectivity index (χ1n) is 4.47. The van der Waals surface area contributed by atoms with Crippen LogP contribution in [0, 0.1) is 23.7 Å². The predicted octanol–water partition coefficient (Wildman–Crippen LogP) is 2.44. The Kier molecular flexibility index (Phi) is 0.717. The number of fused-ring (bicyclic) bond motifs is 4. The van der Waals surface area contributed by atoms with E-state index in [4.69, 9.17) is 0 Å². The Labute approximate surface area is 56.6 Å². The van der Waals surface area contributed by atoms with Crippen molar-refractivity contribution in [1.82, 2.24) is 0 Å². The van der Waals surface area contributed by atoms with Crippen molar-refractivity contribution in [1.29, 1.82) is 0 Å². The second-order valence-electron chi connectivity index (χ2n) is 4.16. The third-order valence-electron chi connectivity index (χ3n) is 4.11. The van der Waals surface area contributed by atoms with Gasteiger partial charge in [-0.15, -0.1) is 0 Å². The summed E-state index contributed by atoms with van der Waals surface area (Å²) in [5.41, 5.74) is 0. The van der Waals surface area contributed by atoms with E-state index < -0.39 is 0 Å². The van der Waals surface area contributed by atoms with E-state index >= 15 is 0 Å². The van der Waals surface area contributed by atoms with Gasteiger partial charge in [0.1, 0.15) is 0 Å². The highest BCUT2D eigenvalue weighted by Crippen LogP contribution is 2.64. The van der Waals surface area contributed by atoms with Crippen LogP contribution in [-0.2, 0) is 0 Å². The van der Waals surface area contributed by atoms with E-state index in [0.29, 0.717) is 0 Å². The van der Waals surface area contributed by atoms with Gasteiger partial charge in [0.15, 0.2) is 0 Å². The Morgan fingerprint density at radius 3 is 1.44 bits per heavy atom. The second-order valence-corrected chi connectivity index (χ2v) is 4.16. The topological polar surface area (TPSA) is 0 Å². The van der Waals surface area contributed by atoms with Gasteiger partial charge >= 0.3 is 0 Å². The Bertz CT molecular complexity index is 123. The van der Waals surface area contributed by atoms with Crippen LogP contribution in [0.2, 0.25) is 0 Å². The smallest absolute Gasteiger partial charge is 0.0352 e. The molecule has 3 aliphatic carbocycles. The zero-order valence-corrected chi connectivity index (χ0v) is 5.84. The van der Waals surface area contributed by atoms with Crippen LogP contribution in [0.25, 0.3) is 0 Å². The predicted molar refractivity (Wildman–Crippen MR) is 37.0 cm³/mol. The van der Waals surface area contributed by atoms with Crippen LogP contribution in [0.3, 0.4) is 0 Å². The fourth-order valence-corrected chi connectivity index (χ4v) is 3.55. The van der Waals surface area contributed by atoms with Crippen LogP contribution in [-0.4, -0.2) is 0 Å². The molecule has 0 spiro atoms. The average Bonchev–Trinajstić information content (AvgIpc) is 2.13. The minimum absolute atomic E-state index is 1.23. The first-order valence-corrected chi connectivity index (χ1v) is 4.47. The van der Waals surface area contributed by atoms with Gasteiger partial charge in [0.25, 0.3) is 0 Å². The third kappa shape index (κ3) is 0.395. The van der Waals surface area contributed by atoms with Crippen molar-refractivity contribution in [3.8, 4) is 0 Å². The first kappa shape index (κ1) is 4.76. The van der Waals surface area contributed by atoms with Crippen molar-refractivity contribution in [3.05, 3.63) is 0 Å². The summed E-state index contributed by atoms with van der Waals surface area (Å²) in [6, 6.07) is 0. The maximum atomic E-state index is 1.59. The molecule has 0 aromatic carbocycles. The maximum Gasteiger partial charge on any atom is -0.0352 e. The standard InChI is InChI=1S/C9H14/c1-2-6-7(3-1)9-5-4-8(6)9/h6-9H,1-5H2/t6?,7?,8-,9?/m1/s1. The maximum absolute atomic E-state index is 1.59. The van der Waals surface area contributed by atoms with Crippen molar-refractivity contribution < 1.29 is 0 Å². The number of rotatable bonds is 0. The van der Waals surface area contributed by atoms with E-state index in [2.05, 4.69) is 0 Å². The molecule has 3 aliphatic rings. The normalized spacial score (nSPS) is 61.3. The molecule has 0 heterocycles. The molecule has 0 amide bonds. The SMILES string of the molecule is C1CC2C(C1)[C@H]1CCC21. The number of hydrogen-bond donors (Lipinski definition) is 0. The molecule has 0 N–H and O–H groups in total. The summed E-state index contributed by atoms with van der Waals surface area (Å²) >= 11 is 0. The molecule has 3 rings (SSSR count). The van der Waals surface area contributed by atoms with E-state index in [1.807, 2.05) is 0 Å². The van der Waals surface area contributed by atoms with Gasteiger partial charge in [0.05, 0.1) is 0 Å². The lowest BCUT2D eigenvalue weighted by Crippen LogP contribution is -2.50.